The summed E-state index contributed by atoms with van der Waals surface area (Å²) in [7, 11) is 0. The first kappa shape index (κ1) is 11.4. The molecule has 1 aliphatic carbocycles. The molecule has 2 rings (SSSR count). The summed E-state index contributed by atoms with van der Waals surface area (Å²) in [6.07, 6.45) is 8.19. The number of allylic oxidation sites excluding steroid dienone is 2. The average molecular weight is 221 g/mol. The molecule has 0 saturated heterocycles. The van der Waals surface area contributed by atoms with E-state index in [0.717, 1.165) is 25.7 Å². The maximum Gasteiger partial charge on any atom is 0.310 e. The van der Waals surface area contributed by atoms with E-state index in [1.807, 2.05) is 6.92 Å². The molecule has 0 amide bonds. The van der Waals surface area contributed by atoms with Crippen LogP contribution in [0.1, 0.15) is 32.6 Å². The van der Waals surface area contributed by atoms with Crippen LogP contribution in [0, 0.1) is 11.8 Å². The number of hydrogen-bond donors (Lipinski definition) is 0. The second-order valence-electron chi connectivity index (χ2n) is 4.54. The highest BCUT2D eigenvalue weighted by Crippen LogP contribution is 2.28. The van der Waals surface area contributed by atoms with Gasteiger partial charge in [0, 0.05) is 18.1 Å². The summed E-state index contributed by atoms with van der Waals surface area (Å²) in [6.45, 7) is 3.18. The molecule has 0 fully saturated rings. The van der Waals surface area contributed by atoms with E-state index in [1.165, 1.54) is 5.71 Å². The summed E-state index contributed by atoms with van der Waals surface area (Å²) < 4.78 is 5.18. The molecule has 0 N–H and O–H groups in total. The number of carbonyl (C=O) groups is 1. The Morgan fingerprint density at radius 1 is 1.56 bits per heavy atom. The SMILES string of the molecule is CCCOC(=O)C1CN=C2CC=CCC2C1. The molecule has 0 spiro atoms. The first-order valence-electron chi connectivity index (χ1n) is 6.16. The highest BCUT2D eigenvalue weighted by Gasteiger charge is 2.30. The van der Waals surface area contributed by atoms with E-state index in [-0.39, 0.29) is 11.9 Å². The minimum Gasteiger partial charge on any atom is -0.465 e. The lowest BCUT2D eigenvalue weighted by atomic mass is 9.82. The zero-order valence-electron chi connectivity index (χ0n) is 9.82. The minimum absolute atomic E-state index is 0.00759. The van der Waals surface area contributed by atoms with Crippen molar-refractivity contribution in [2.24, 2.45) is 16.8 Å². The lowest BCUT2D eigenvalue weighted by Gasteiger charge is -2.28. The van der Waals surface area contributed by atoms with Crippen molar-refractivity contribution in [3.63, 3.8) is 0 Å². The average Bonchev–Trinajstić information content (AvgIpc) is 2.35. The molecule has 1 heterocycles. The standard InChI is InChI=1S/C13H19NO2/c1-2-7-16-13(15)11-8-10-5-3-4-6-12(10)14-9-11/h3-4,10-11H,2,5-9H2,1H3. The lowest BCUT2D eigenvalue weighted by molar-refractivity contribution is -0.148. The number of ether oxygens (including phenoxy) is 1. The molecule has 1 aliphatic heterocycles. The third-order valence-corrected chi connectivity index (χ3v) is 3.25. The fraction of sp³-hybridized carbons (Fsp3) is 0.692. The summed E-state index contributed by atoms with van der Waals surface area (Å²) in [5.41, 5.74) is 1.28. The number of aliphatic imine (C=N–C) groups is 1. The zero-order chi connectivity index (χ0) is 11.4. The third kappa shape index (κ3) is 2.52. The number of rotatable bonds is 3. The molecule has 0 aromatic heterocycles. The van der Waals surface area contributed by atoms with Crippen LogP contribution in [-0.4, -0.2) is 24.8 Å². The van der Waals surface area contributed by atoms with Gasteiger partial charge in [0.05, 0.1) is 19.1 Å². The number of carbonyl (C=O) groups excluding carboxylic acids is 1. The summed E-state index contributed by atoms with van der Waals surface area (Å²) in [4.78, 5) is 16.2. The monoisotopic (exact) mass is 221 g/mol. The number of fused-ring (bicyclic) bond motifs is 1. The predicted octanol–water partition coefficient (Wildman–Crippen LogP) is 2.37. The Bertz CT molecular complexity index is 320. The van der Waals surface area contributed by atoms with Crippen LogP contribution in [0.15, 0.2) is 17.1 Å². The molecule has 3 heteroatoms. The van der Waals surface area contributed by atoms with Gasteiger partial charge in [-0.3, -0.25) is 9.79 Å². The second-order valence-corrected chi connectivity index (χ2v) is 4.54. The normalized spacial score (nSPS) is 28.2. The van der Waals surface area contributed by atoms with Gasteiger partial charge in [0.1, 0.15) is 0 Å². The highest BCUT2D eigenvalue weighted by atomic mass is 16.5. The molecule has 0 bridgehead atoms. The largest absolute Gasteiger partial charge is 0.465 e. The topological polar surface area (TPSA) is 38.7 Å². The van der Waals surface area contributed by atoms with Crippen LogP contribution in [0.3, 0.4) is 0 Å². The fourth-order valence-electron chi connectivity index (χ4n) is 2.33. The third-order valence-electron chi connectivity index (χ3n) is 3.25. The summed E-state index contributed by atoms with van der Waals surface area (Å²) in [6, 6.07) is 0. The Morgan fingerprint density at radius 2 is 2.44 bits per heavy atom. The fourth-order valence-corrected chi connectivity index (χ4v) is 2.33. The zero-order valence-corrected chi connectivity index (χ0v) is 9.82. The minimum atomic E-state index is -0.0563. The van der Waals surface area contributed by atoms with E-state index in [4.69, 9.17) is 4.74 Å². The van der Waals surface area contributed by atoms with Crippen LogP contribution >= 0.6 is 0 Å². The molecular formula is C13H19NO2. The van der Waals surface area contributed by atoms with Crippen molar-refractivity contribution in [2.45, 2.75) is 32.6 Å². The Morgan fingerprint density at radius 3 is 3.25 bits per heavy atom. The summed E-state index contributed by atoms with van der Waals surface area (Å²) in [5.74, 6) is 0.420. The predicted molar refractivity (Wildman–Crippen MR) is 63.5 cm³/mol. The van der Waals surface area contributed by atoms with Gasteiger partial charge in [-0.05, 0) is 19.3 Å². The second kappa shape index (κ2) is 5.28. The Kier molecular flexibility index (Phi) is 3.75. The number of hydrogen-bond acceptors (Lipinski definition) is 3. The van der Waals surface area contributed by atoms with E-state index >= 15 is 0 Å². The van der Waals surface area contributed by atoms with Gasteiger partial charge in [-0.2, -0.15) is 0 Å². The quantitative estimate of drug-likeness (QED) is 0.542. The summed E-state index contributed by atoms with van der Waals surface area (Å²) >= 11 is 0. The molecule has 2 atom stereocenters. The van der Waals surface area contributed by atoms with Crippen molar-refractivity contribution in [3.05, 3.63) is 12.2 Å². The van der Waals surface area contributed by atoms with Gasteiger partial charge in [0.2, 0.25) is 0 Å². The van der Waals surface area contributed by atoms with Gasteiger partial charge < -0.3 is 4.74 Å². The van der Waals surface area contributed by atoms with Crippen LogP contribution in [0.25, 0.3) is 0 Å². The molecule has 3 nitrogen and oxygen atoms in total. The number of nitrogens with zero attached hydrogens (tertiary/aromatic N) is 1. The van der Waals surface area contributed by atoms with Gasteiger partial charge >= 0.3 is 5.97 Å². The molecule has 16 heavy (non-hydrogen) atoms. The van der Waals surface area contributed by atoms with Crippen molar-refractivity contribution < 1.29 is 9.53 Å². The van der Waals surface area contributed by atoms with Gasteiger partial charge in [0.15, 0.2) is 0 Å². The lowest BCUT2D eigenvalue weighted by Crippen LogP contribution is -2.32. The van der Waals surface area contributed by atoms with Crippen molar-refractivity contribution in [3.8, 4) is 0 Å². The summed E-state index contributed by atoms with van der Waals surface area (Å²) in [5, 5.41) is 0. The molecule has 0 saturated carbocycles. The van der Waals surface area contributed by atoms with Gasteiger partial charge in [0.25, 0.3) is 0 Å². The Balaban J connectivity index is 1.91. The van der Waals surface area contributed by atoms with Crippen LogP contribution in [0.2, 0.25) is 0 Å². The van der Waals surface area contributed by atoms with E-state index in [2.05, 4.69) is 17.1 Å². The maximum absolute atomic E-state index is 11.7. The van der Waals surface area contributed by atoms with E-state index < -0.39 is 0 Å². The number of esters is 1. The van der Waals surface area contributed by atoms with Crippen molar-refractivity contribution in [1.82, 2.24) is 0 Å². The molecule has 0 radical (unpaired) electrons. The Hall–Kier alpha value is -1.12. The molecule has 2 unspecified atom stereocenters. The highest BCUT2D eigenvalue weighted by molar-refractivity contribution is 5.90. The van der Waals surface area contributed by atoms with E-state index in [1.54, 1.807) is 0 Å². The first-order chi connectivity index (χ1) is 7.81. The first-order valence-corrected chi connectivity index (χ1v) is 6.16. The van der Waals surface area contributed by atoms with Crippen LogP contribution in [-0.2, 0) is 9.53 Å². The van der Waals surface area contributed by atoms with Crippen LogP contribution in [0.5, 0.6) is 0 Å². The van der Waals surface area contributed by atoms with Gasteiger partial charge in [-0.25, -0.2) is 0 Å². The Labute approximate surface area is 96.6 Å². The van der Waals surface area contributed by atoms with E-state index in [9.17, 15) is 4.79 Å². The molecule has 2 aliphatic rings. The molecule has 88 valence electrons. The maximum atomic E-state index is 11.7. The van der Waals surface area contributed by atoms with Gasteiger partial charge in [-0.15, -0.1) is 0 Å². The van der Waals surface area contributed by atoms with Crippen molar-refractivity contribution >= 4 is 11.7 Å². The van der Waals surface area contributed by atoms with Crippen molar-refractivity contribution in [2.75, 3.05) is 13.2 Å². The smallest absolute Gasteiger partial charge is 0.310 e. The van der Waals surface area contributed by atoms with Crippen molar-refractivity contribution in [1.29, 1.82) is 0 Å². The van der Waals surface area contributed by atoms with Gasteiger partial charge in [-0.1, -0.05) is 19.1 Å². The van der Waals surface area contributed by atoms with Crippen LogP contribution in [0.4, 0.5) is 0 Å². The van der Waals surface area contributed by atoms with E-state index in [0.29, 0.717) is 19.1 Å². The molecule has 0 aromatic carbocycles. The van der Waals surface area contributed by atoms with Crippen LogP contribution < -0.4 is 0 Å². The molecular weight excluding hydrogens is 202 g/mol. The molecule has 0 aromatic rings.